The summed E-state index contributed by atoms with van der Waals surface area (Å²) >= 11 is 0. The molecule has 2 N–H and O–H groups in total. The van der Waals surface area contributed by atoms with Gasteiger partial charge in [-0.25, -0.2) is 0 Å². The van der Waals surface area contributed by atoms with E-state index in [2.05, 4.69) is 26.8 Å². The Labute approximate surface area is 119 Å². The summed E-state index contributed by atoms with van der Waals surface area (Å²) in [5.41, 5.74) is 3.22. The van der Waals surface area contributed by atoms with Crippen LogP contribution in [0.3, 0.4) is 0 Å². The van der Waals surface area contributed by atoms with Crippen molar-refractivity contribution < 1.29 is 10.2 Å². The summed E-state index contributed by atoms with van der Waals surface area (Å²) in [6, 6.07) is 13.2. The minimum atomic E-state index is -0.134. The van der Waals surface area contributed by atoms with Crippen LogP contribution in [0.2, 0.25) is 0 Å². The van der Waals surface area contributed by atoms with Crippen molar-refractivity contribution in [2.45, 2.75) is 38.0 Å². The Morgan fingerprint density at radius 2 is 1.55 bits per heavy atom. The zero-order valence-corrected chi connectivity index (χ0v) is 12.1. The molecule has 0 fully saturated rings. The van der Waals surface area contributed by atoms with E-state index in [1.807, 2.05) is 18.2 Å². The maximum absolute atomic E-state index is 10.3. The zero-order chi connectivity index (χ0) is 14.5. The molecule has 1 aliphatic rings. The second-order valence-electron chi connectivity index (χ2n) is 6.64. The maximum Gasteiger partial charge on any atom is 0.119 e. The number of hydrogen-bond donors (Lipinski definition) is 2. The van der Waals surface area contributed by atoms with Gasteiger partial charge in [0.2, 0.25) is 0 Å². The lowest BCUT2D eigenvalue weighted by Crippen LogP contribution is -2.23. The van der Waals surface area contributed by atoms with E-state index < -0.39 is 0 Å². The van der Waals surface area contributed by atoms with Crippen LogP contribution in [0.25, 0.3) is 0 Å². The zero-order valence-electron chi connectivity index (χ0n) is 12.1. The Hall–Kier alpha value is -1.96. The van der Waals surface area contributed by atoms with Crippen LogP contribution >= 0.6 is 0 Å². The molecule has 0 heterocycles. The highest BCUT2D eigenvalue weighted by molar-refractivity contribution is 5.56. The minimum Gasteiger partial charge on any atom is -0.508 e. The van der Waals surface area contributed by atoms with Crippen LogP contribution in [0.5, 0.6) is 11.5 Å². The van der Waals surface area contributed by atoms with Gasteiger partial charge in [-0.3, -0.25) is 0 Å². The molecule has 2 heteroatoms. The molecule has 2 aromatic rings. The Bertz CT molecular complexity index is 656. The first-order valence-corrected chi connectivity index (χ1v) is 6.97. The van der Waals surface area contributed by atoms with Gasteiger partial charge in [0, 0.05) is 11.0 Å². The topological polar surface area (TPSA) is 40.5 Å². The third kappa shape index (κ3) is 1.71. The highest BCUT2D eigenvalue weighted by Gasteiger charge is 2.47. The Kier molecular flexibility index (Phi) is 2.62. The first-order valence-electron chi connectivity index (χ1n) is 6.97. The fourth-order valence-electron chi connectivity index (χ4n) is 3.87. The van der Waals surface area contributed by atoms with E-state index in [0.29, 0.717) is 5.75 Å². The van der Waals surface area contributed by atoms with Crippen LogP contribution in [0, 0.1) is 0 Å². The predicted molar refractivity (Wildman–Crippen MR) is 80.3 cm³/mol. The van der Waals surface area contributed by atoms with Crippen LogP contribution in [-0.4, -0.2) is 10.2 Å². The SMILES string of the molecule is CC1(C)CC(C)(c2ccc(O)cc2)c2cccc(O)c21. The molecule has 0 amide bonds. The van der Waals surface area contributed by atoms with Gasteiger partial charge < -0.3 is 10.2 Å². The number of phenolic OH excluding ortho intramolecular Hbond substituents is 2. The van der Waals surface area contributed by atoms with Gasteiger partial charge in [-0.15, -0.1) is 0 Å². The molecule has 0 saturated heterocycles. The van der Waals surface area contributed by atoms with Gasteiger partial charge in [-0.1, -0.05) is 45.0 Å². The lowest BCUT2D eigenvalue weighted by molar-refractivity contribution is 0.406. The number of benzene rings is 2. The van der Waals surface area contributed by atoms with Crippen molar-refractivity contribution in [3.8, 4) is 11.5 Å². The van der Waals surface area contributed by atoms with E-state index in [0.717, 1.165) is 12.0 Å². The number of aromatic hydroxyl groups is 2. The molecule has 0 aromatic heterocycles. The fourth-order valence-corrected chi connectivity index (χ4v) is 3.87. The van der Waals surface area contributed by atoms with E-state index in [1.165, 1.54) is 11.1 Å². The predicted octanol–water partition coefficient (Wildman–Crippen LogP) is 4.09. The van der Waals surface area contributed by atoms with Gasteiger partial charge in [0.15, 0.2) is 0 Å². The van der Waals surface area contributed by atoms with Crippen molar-refractivity contribution in [3.05, 3.63) is 59.2 Å². The molecule has 0 aliphatic heterocycles. The normalized spacial score (nSPS) is 23.6. The summed E-state index contributed by atoms with van der Waals surface area (Å²) in [6.45, 7) is 6.57. The molecule has 0 spiro atoms. The third-order valence-electron chi connectivity index (χ3n) is 4.61. The van der Waals surface area contributed by atoms with Gasteiger partial charge >= 0.3 is 0 Å². The smallest absolute Gasteiger partial charge is 0.119 e. The van der Waals surface area contributed by atoms with Crippen LogP contribution in [0.1, 0.15) is 43.9 Å². The monoisotopic (exact) mass is 268 g/mol. The molecule has 0 saturated carbocycles. The molecule has 0 radical (unpaired) electrons. The first-order chi connectivity index (χ1) is 9.34. The second kappa shape index (κ2) is 4.02. The number of fused-ring (bicyclic) bond motifs is 1. The van der Waals surface area contributed by atoms with Crippen molar-refractivity contribution in [2.75, 3.05) is 0 Å². The highest BCUT2D eigenvalue weighted by atomic mass is 16.3. The standard InChI is InChI=1S/C18H20O2/c1-17(2)11-18(3,12-7-9-13(19)10-8-12)14-5-4-6-15(20)16(14)17/h4-10,19-20H,11H2,1-3H3. The van der Waals surface area contributed by atoms with Crippen LogP contribution in [0.15, 0.2) is 42.5 Å². The molecule has 1 aliphatic carbocycles. The maximum atomic E-state index is 10.3. The summed E-state index contributed by atoms with van der Waals surface area (Å²) in [5.74, 6) is 0.667. The van der Waals surface area contributed by atoms with Gasteiger partial charge in [-0.2, -0.15) is 0 Å². The van der Waals surface area contributed by atoms with E-state index >= 15 is 0 Å². The van der Waals surface area contributed by atoms with Crippen molar-refractivity contribution in [3.63, 3.8) is 0 Å². The molecule has 2 nitrogen and oxygen atoms in total. The van der Waals surface area contributed by atoms with Crippen LogP contribution in [0.4, 0.5) is 0 Å². The molecule has 104 valence electrons. The molecule has 1 atom stereocenters. The summed E-state index contributed by atoms with van der Waals surface area (Å²) < 4.78 is 0. The van der Waals surface area contributed by atoms with Crippen molar-refractivity contribution in [2.24, 2.45) is 0 Å². The Morgan fingerprint density at radius 1 is 0.900 bits per heavy atom. The lowest BCUT2D eigenvalue weighted by atomic mass is 9.75. The quantitative estimate of drug-likeness (QED) is 0.818. The molecular formula is C18H20O2. The molecular weight excluding hydrogens is 248 g/mol. The minimum absolute atomic E-state index is 0.0622. The molecule has 20 heavy (non-hydrogen) atoms. The van der Waals surface area contributed by atoms with Crippen LogP contribution in [-0.2, 0) is 10.8 Å². The van der Waals surface area contributed by atoms with Gasteiger partial charge in [0.1, 0.15) is 11.5 Å². The second-order valence-corrected chi connectivity index (χ2v) is 6.64. The lowest BCUT2D eigenvalue weighted by Gasteiger charge is -2.28. The average Bonchev–Trinajstić information content (AvgIpc) is 2.59. The average molecular weight is 268 g/mol. The summed E-state index contributed by atoms with van der Waals surface area (Å²) in [4.78, 5) is 0. The number of hydrogen-bond acceptors (Lipinski definition) is 2. The Balaban J connectivity index is 2.23. The molecule has 1 unspecified atom stereocenters. The largest absolute Gasteiger partial charge is 0.508 e. The van der Waals surface area contributed by atoms with Gasteiger partial charge in [0.05, 0.1) is 0 Å². The van der Waals surface area contributed by atoms with Crippen LogP contribution < -0.4 is 0 Å². The van der Waals surface area contributed by atoms with Gasteiger partial charge in [-0.05, 0) is 41.2 Å². The summed E-state index contributed by atoms with van der Waals surface area (Å²) in [5, 5.41) is 19.7. The molecule has 3 rings (SSSR count). The highest BCUT2D eigenvalue weighted by Crippen LogP contribution is 2.55. The molecule has 2 aromatic carbocycles. The number of phenols is 2. The fraction of sp³-hybridized carbons (Fsp3) is 0.333. The van der Waals surface area contributed by atoms with Crippen molar-refractivity contribution in [1.82, 2.24) is 0 Å². The van der Waals surface area contributed by atoms with E-state index in [9.17, 15) is 10.2 Å². The van der Waals surface area contributed by atoms with Crippen molar-refractivity contribution >= 4 is 0 Å². The summed E-state index contributed by atoms with van der Waals surface area (Å²) in [6.07, 6.45) is 0.942. The number of rotatable bonds is 1. The summed E-state index contributed by atoms with van der Waals surface area (Å²) in [7, 11) is 0. The van der Waals surface area contributed by atoms with E-state index in [1.54, 1.807) is 18.2 Å². The third-order valence-corrected chi connectivity index (χ3v) is 4.61. The first kappa shape index (κ1) is 13.0. The van der Waals surface area contributed by atoms with E-state index in [4.69, 9.17) is 0 Å². The van der Waals surface area contributed by atoms with Gasteiger partial charge in [0.25, 0.3) is 0 Å². The van der Waals surface area contributed by atoms with E-state index in [-0.39, 0.29) is 16.6 Å². The molecule has 0 bridgehead atoms. The van der Waals surface area contributed by atoms with Crippen molar-refractivity contribution in [1.29, 1.82) is 0 Å². The Morgan fingerprint density at radius 3 is 2.20 bits per heavy atom.